The maximum atomic E-state index is 12.5. The highest BCUT2D eigenvalue weighted by Gasteiger charge is 2.36. The number of rotatable bonds is 4. The van der Waals surface area contributed by atoms with Crippen molar-refractivity contribution in [3.63, 3.8) is 0 Å². The molecule has 0 unspecified atom stereocenters. The van der Waals surface area contributed by atoms with Gasteiger partial charge in [-0.15, -0.1) is 0 Å². The summed E-state index contributed by atoms with van der Waals surface area (Å²) in [6.07, 6.45) is 3.66. The van der Waals surface area contributed by atoms with E-state index in [1.807, 2.05) is 12.2 Å². The molecule has 4 rings (SSSR count). The molecule has 1 N–H and O–H groups in total. The Hall–Kier alpha value is -1.82. The Bertz CT molecular complexity index is 712. The van der Waals surface area contributed by atoms with Crippen molar-refractivity contribution in [1.82, 2.24) is 10.2 Å². The molecule has 3 aliphatic carbocycles. The highest BCUT2D eigenvalue weighted by atomic mass is 19.4. The van der Waals surface area contributed by atoms with Crippen LogP contribution in [0.5, 0.6) is 0 Å². The number of hydrogen-bond donors (Lipinski definition) is 1. The van der Waals surface area contributed by atoms with E-state index in [1.54, 1.807) is 4.90 Å². The maximum absolute atomic E-state index is 12.5. The van der Waals surface area contributed by atoms with E-state index in [1.165, 1.54) is 16.7 Å². The van der Waals surface area contributed by atoms with Crippen molar-refractivity contribution in [3.8, 4) is 0 Å². The molecule has 0 aromatic rings. The standard InChI is InChI=1S/C18H19F3N2O/c19-18(20,21)5-7-23-6-1-2-12(10-23)22-17(24)14-4-3-13-15-8-11(15)9-16(13)14/h3-4,9,12H,1-2,5-8,10H2,(H,22,24)/t12-/m1/s1. The number of piperidine rings is 1. The van der Waals surface area contributed by atoms with Crippen molar-refractivity contribution < 1.29 is 18.0 Å². The van der Waals surface area contributed by atoms with Gasteiger partial charge in [0.05, 0.1) is 6.42 Å². The molecule has 4 aliphatic rings. The number of amides is 1. The van der Waals surface area contributed by atoms with Gasteiger partial charge in [-0.25, -0.2) is 0 Å². The van der Waals surface area contributed by atoms with Crippen LogP contribution < -0.4 is 5.32 Å². The predicted octanol–water partition coefficient (Wildman–Crippen LogP) is 3.03. The van der Waals surface area contributed by atoms with Gasteiger partial charge in [-0.05, 0) is 60.3 Å². The fourth-order valence-corrected chi connectivity index (χ4v) is 3.76. The van der Waals surface area contributed by atoms with Crippen LogP contribution in [-0.4, -0.2) is 42.7 Å². The number of halogens is 3. The molecule has 1 atom stereocenters. The fraction of sp³-hybridized carbons (Fsp3) is 0.500. The van der Waals surface area contributed by atoms with Crippen molar-refractivity contribution in [2.24, 2.45) is 0 Å². The van der Waals surface area contributed by atoms with E-state index in [-0.39, 0.29) is 18.5 Å². The molecule has 6 heteroatoms. The van der Waals surface area contributed by atoms with Crippen LogP contribution in [0.1, 0.15) is 25.7 Å². The van der Waals surface area contributed by atoms with Crippen molar-refractivity contribution in [3.05, 3.63) is 46.1 Å². The molecule has 0 aromatic carbocycles. The summed E-state index contributed by atoms with van der Waals surface area (Å²) in [7, 11) is 0. The van der Waals surface area contributed by atoms with Crippen LogP contribution in [0.4, 0.5) is 13.2 Å². The summed E-state index contributed by atoms with van der Waals surface area (Å²) < 4.78 is 37.1. The zero-order chi connectivity index (χ0) is 16.9. The molecule has 0 spiro atoms. The molecule has 2 fully saturated rings. The Morgan fingerprint density at radius 3 is 2.92 bits per heavy atom. The van der Waals surface area contributed by atoms with Gasteiger partial charge < -0.3 is 10.2 Å². The number of fused-ring (bicyclic) bond motifs is 2. The highest BCUT2D eigenvalue weighted by Crippen LogP contribution is 2.51. The first-order valence-corrected chi connectivity index (χ1v) is 8.37. The SMILES string of the molecule is O=C(N[C@@H]1CCCN(CCC(F)(F)F)C1)C1=C2C=C3CC3=C2C=C1. The third kappa shape index (κ3) is 3.07. The van der Waals surface area contributed by atoms with Crippen LogP contribution in [0.25, 0.3) is 0 Å². The van der Waals surface area contributed by atoms with Crippen LogP contribution in [0, 0.1) is 0 Å². The Morgan fingerprint density at radius 2 is 2.12 bits per heavy atom. The summed E-state index contributed by atoms with van der Waals surface area (Å²) in [5.41, 5.74) is 5.54. The van der Waals surface area contributed by atoms with Gasteiger partial charge in [0.25, 0.3) is 5.91 Å². The van der Waals surface area contributed by atoms with Gasteiger partial charge in [-0.3, -0.25) is 4.79 Å². The molecular weight excluding hydrogens is 317 g/mol. The van der Waals surface area contributed by atoms with Gasteiger partial charge in [0.1, 0.15) is 0 Å². The van der Waals surface area contributed by atoms with E-state index in [0.717, 1.165) is 24.8 Å². The minimum atomic E-state index is -4.13. The summed E-state index contributed by atoms with van der Waals surface area (Å²) in [4.78, 5) is 14.3. The summed E-state index contributed by atoms with van der Waals surface area (Å²) in [5.74, 6) is -0.113. The van der Waals surface area contributed by atoms with Crippen LogP contribution in [0.3, 0.4) is 0 Å². The topological polar surface area (TPSA) is 32.3 Å². The van der Waals surface area contributed by atoms with E-state index in [0.29, 0.717) is 18.7 Å². The largest absolute Gasteiger partial charge is 0.390 e. The normalized spacial score (nSPS) is 25.8. The van der Waals surface area contributed by atoms with Crippen LogP contribution in [-0.2, 0) is 4.79 Å². The molecule has 1 heterocycles. The lowest BCUT2D eigenvalue weighted by Crippen LogP contribution is -2.48. The van der Waals surface area contributed by atoms with Gasteiger partial charge in [0.2, 0.25) is 0 Å². The molecule has 3 nitrogen and oxygen atoms in total. The second kappa shape index (κ2) is 5.62. The molecule has 24 heavy (non-hydrogen) atoms. The van der Waals surface area contributed by atoms with Gasteiger partial charge >= 0.3 is 6.18 Å². The van der Waals surface area contributed by atoms with Crippen molar-refractivity contribution in [2.75, 3.05) is 19.6 Å². The number of alkyl halides is 3. The van der Waals surface area contributed by atoms with Gasteiger partial charge in [0, 0.05) is 24.7 Å². The van der Waals surface area contributed by atoms with E-state index in [4.69, 9.17) is 0 Å². The van der Waals surface area contributed by atoms with Crippen molar-refractivity contribution in [1.29, 1.82) is 0 Å². The monoisotopic (exact) mass is 336 g/mol. The highest BCUT2D eigenvalue weighted by molar-refractivity contribution is 6.02. The number of carbonyl (C=O) groups is 1. The van der Waals surface area contributed by atoms with E-state index in [9.17, 15) is 18.0 Å². The molecular formula is C18H19F3N2O. The minimum Gasteiger partial charge on any atom is -0.348 e. The molecule has 0 aromatic heterocycles. The summed E-state index contributed by atoms with van der Waals surface area (Å²) in [5, 5.41) is 3.01. The zero-order valence-corrected chi connectivity index (χ0v) is 13.2. The number of likely N-dealkylation sites (tertiary alicyclic amines) is 1. The van der Waals surface area contributed by atoms with Crippen LogP contribution in [0.2, 0.25) is 0 Å². The third-order valence-corrected chi connectivity index (χ3v) is 5.07. The summed E-state index contributed by atoms with van der Waals surface area (Å²) in [6, 6.07) is -0.0822. The first-order valence-electron chi connectivity index (χ1n) is 8.37. The van der Waals surface area contributed by atoms with Crippen LogP contribution in [0.15, 0.2) is 46.1 Å². The number of carbonyl (C=O) groups excluding carboxylic acids is 1. The summed E-state index contributed by atoms with van der Waals surface area (Å²) in [6.45, 7) is 1.16. The van der Waals surface area contributed by atoms with Gasteiger partial charge in [-0.1, -0.05) is 6.08 Å². The molecule has 0 radical (unpaired) electrons. The lowest BCUT2D eigenvalue weighted by Gasteiger charge is -2.33. The molecule has 1 saturated heterocycles. The second-order valence-corrected chi connectivity index (χ2v) is 6.88. The van der Waals surface area contributed by atoms with E-state index in [2.05, 4.69) is 11.4 Å². The number of allylic oxidation sites excluding steroid dienone is 6. The van der Waals surface area contributed by atoms with Crippen LogP contribution >= 0.6 is 0 Å². The average Bonchev–Trinajstić information content (AvgIpc) is 3.00. The summed E-state index contributed by atoms with van der Waals surface area (Å²) >= 11 is 0. The Morgan fingerprint density at radius 1 is 1.29 bits per heavy atom. The Kier molecular flexibility index (Phi) is 3.67. The maximum Gasteiger partial charge on any atom is 0.390 e. The fourth-order valence-electron chi connectivity index (χ4n) is 3.76. The molecule has 1 amide bonds. The smallest absolute Gasteiger partial charge is 0.348 e. The second-order valence-electron chi connectivity index (χ2n) is 6.88. The van der Waals surface area contributed by atoms with Gasteiger partial charge in [0.15, 0.2) is 0 Å². The van der Waals surface area contributed by atoms with Gasteiger partial charge in [-0.2, -0.15) is 13.2 Å². The third-order valence-electron chi connectivity index (χ3n) is 5.07. The number of nitrogens with zero attached hydrogens (tertiary/aromatic N) is 1. The molecule has 1 saturated carbocycles. The van der Waals surface area contributed by atoms with E-state index >= 15 is 0 Å². The zero-order valence-electron chi connectivity index (χ0n) is 13.2. The molecule has 1 aliphatic heterocycles. The minimum absolute atomic E-state index is 0.00602. The van der Waals surface area contributed by atoms with E-state index < -0.39 is 12.6 Å². The molecule has 0 bridgehead atoms. The quantitative estimate of drug-likeness (QED) is 0.856. The van der Waals surface area contributed by atoms with Crippen molar-refractivity contribution >= 4 is 5.91 Å². The lowest BCUT2D eigenvalue weighted by molar-refractivity contribution is -0.138. The predicted molar refractivity (Wildman–Crippen MR) is 84.2 cm³/mol. The molecule has 128 valence electrons. The Labute approximate surface area is 138 Å². The average molecular weight is 336 g/mol. The Balaban J connectivity index is 1.35. The number of hydrogen-bond acceptors (Lipinski definition) is 2. The first kappa shape index (κ1) is 15.7. The first-order chi connectivity index (χ1) is 11.4. The lowest BCUT2D eigenvalue weighted by atomic mass is 10.0. The van der Waals surface area contributed by atoms with Crippen molar-refractivity contribution in [2.45, 2.75) is 37.9 Å². The number of nitrogens with one attached hydrogen (secondary N) is 1.